The summed E-state index contributed by atoms with van der Waals surface area (Å²) in [6.45, 7) is -0.00443. The van der Waals surface area contributed by atoms with E-state index >= 15 is 0 Å². The Hall–Kier alpha value is -4.64. The molecule has 0 saturated heterocycles. The van der Waals surface area contributed by atoms with Crippen LogP contribution in [0.1, 0.15) is 15.9 Å². The molecule has 5 aromatic rings. The van der Waals surface area contributed by atoms with Gasteiger partial charge in [-0.2, -0.15) is 0 Å². The van der Waals surface area contributed by atoms with Crippen LogP contribution in [0.2, 0.25) is 5.02 Å². The normalized spacial score (nSPS) is 11.5. The number of sulfonamides is 2. The Morgan fingerprint density at radius 1 is 0.628 bits per heavy atom. The third-order valence-electron chi connectivity index (χ3n) is 6.44. The molecule has 0 aliphatic heterocycles. The third-order valence-corrected chi connectivity index (χ3v) is 9.86. The molecular weight excluding hydrogens is 606 g/mol. The van der Waals surface area contributed by atoms with E-state index in [1.165, 1.54) is 46.8 Å². The highest BCUT2D eigenvalue weighted by atomic mass is 35.5. The second kappa shape index (κ2) is 12.7. The first kappa shape index (κ1) is 29.8. The molecular formula is C32H26ClN3O5S2. The lowest BCUT2D eigenvalue weighted by Gasteiger charge is -2.26. The molecule has 0 bridgehead atoms. The van der Waals surface area contributed by atoms with E-state index in [2.05, 4.69) is 10.0 Å². The zero-order valence-corrected chi connectivity index (χ0v) is 25.0. The molecule has 0 aliphatic rings. The van der Waals surface area contributed by atoms with Crippen molar-refractivity contribution in [1.29, 1.82) is 0 Å². The van der Waals surface area contributed by atoms with Crippen LogP contribution in [0.25, 0.3) is 0 Å². The first-order valence-electron chi connectivity index (χ1n) is 13.0. The third kappa shape index (κ3) is 7.06. The zero-order valence-electron chi connectivity index (χ0n) is 22.6. The molecule has 43 heavy (non-hydrogen) atoms. The minimum absolute atomic E-state index is 0.00443. The lowest BCUT2D eigenvalue weighted by atomic mass is 10.1. The molecule has 0 aromatic heterocycles. The summed E-state index contributed by atoms with van der Waals surface area (Å²) >= 11 is 5.87. The van der Waals surface area contributed by atoms with Crippen LogP contribution < -0.4 is 14.3 Å². The minimum Gasteiger partial charge on any atom is -0.322 e. The number of para-hydroxylation sites is 1. The molecule has 0 saturated carbocycles. The van der Waals surface area contributed by atoms with Gasteiger partial charge in [0.2, 0.25) is 0 Å². The number of halogens is 1. The number of amides is 1. The Balaban J connectivity index is 1.42. The Bertz CT molecular complexity index is 1940. The number of nitrogens with zero attached hydrogens (tertiary/aromatic N) is 1. The van der Waals surface area contributed by atoms with E-state index in [1.807, 2.05) is 30.3 Å². The molecule has 0 spiro atoms. The molecule has 11 heteroatoms. The first-order valence-corrected chi connectivity index (χ1v) is 16.3. The number of hydrogen-bond acceptors (Lipinski definition) is 5. The molecule has 0 heterocycles. The lowest BCUT2D eigenvalue weighted by Crippen LogP contribution is -2.32. The Morgan fingerprint density at radius 3 is 1.84 bits per heavy atom. The molecule has 0 unspecified atom stereocenters. The van der Waals surface area contributed by atoms with Crippen LogP contribution in [0.5, 0.6) is 0 Å². The fourth-order valence-corrected chi connectivity index (χ4v) is 6.98. The van der Waals surface area contributed by atoms with E-state index in [0.717, 1.165) is 5.56 Å². The quantitative estimate of drug-likeness (QED) is 0.176. The van der Waals surface area contributed by atoms with Gasteiger partial charge in [0, 0.05) is 16.4 Å². The molecule has 0 atom stereocenters. The number of carbonyl (C=O) groups is 1. The second-order valence-electron chi connectivity index (χ2n) is 9.42. The van der Waals surface area contributed by atoms with Crippen LogP contribution in [0.3, 0.4) is 0 Å². The number of rotatable bonds is 10. The van der Waals surface area contributed by atoms with Crippen molar-refractivity contribution < 1.29 is 21.6 Å². The number of anilines is 3. The smallest absolute Gasteiger partial charge is 0.264 e. The summed E-state index contributed by atoms with van der Waals surface area (Å²) in [5.74, 6) is -0.563. The monoisotopic (exact) mass is 631 g/mol. The predicted octanol–water partition coefficient (Wildman–Crippen LogP) is 6.79. The van der Waals surface area contributed by atoms with Gasteiger partial charge in [-0.3, -0.25) is 13.8 Å². The summed E-state index contributed by atoms with van der Waals surface area (Å²) in [5.41, 5.74) is 1.73. The minimum atomic E-state index is -4.06. The van der Waals surface area contributed by atoms with Crippen LogP contribution in [-0.2, 0) is 26.6 Å². The van der Waals surface area contributed by atoms with Gasteiger partial charge >= 0.3 is 0 Å². The van der Waals surface area contributed by atoms with Crippen molar-refractivity contribution in [2.45, 2.75) is 16.3 Å². The second-order valence-corrected chi connectivity index (χ2v) is 13.4. The molecule has 2 N–H and O–H groups in total. The average molecular weight is 632 g/mol. The van der Waals surface area contributed by atoms with Crippen LogP contribution in [0.15, 0.2) is 143 Å². The van der Waals surface area contributed by atoms with Crippen molar-refractivity contribution >= 4 is 54.6 Å². The molecule has 0 radical (unpaired) electrons. The highest BCUT2D eigenvalue weighted by Gasteiger charge is 2.28. The van der Waals surface area contributed by atoms with Crippen molar-refractivity contribution in [1.82, 2.24) is 0 Å². The van der Waals surface area contributed by atoms with Gasteiger partial charge in [-0.15, -0.1) is 0 Å². The SMILES string of the molecule is O=C(Nc1ccc(S(=O)(=O)Nc2ccc(Cl)cc2)cc1)c1ccccc1N(Cc1ccccc1)S(=O)(=O)c1ccccc1. The fourth-order valence-electron chi connectivity index (χ4n) is 4.30. The van der Waals surface area contributed by atoms with E-state index in [-0.39, 0.29) is 27.6 Å². The van der Waals surface area contributed by atoms with Crippen molar-refractivity contribution in [2.24, 2.45) is 0 Å². The van der Waals surface area contributed by atoms with Gasteiger partial charge in [0.25, 0.3) is 26.0 Å². The molecule has 5 rings (SSSR count). The molecule has 0 fully saturated rings. The van der Waals surface area contributed by atoms with Gasteiger partial charge in [0.15, 0.2) is 0 Å². The molecule has 8 nitrogen and oxygen atoms in total. The Kier molecular flexibility index (Phi) is 8.81. The Labute approximate surface area is 255 Å². The van der Waals surface area contributed by atoms with Crippen LogP contribution >= 0.6 is 11.6 Å². The first-order chi connectivity index (χ1) is 20.6. The van der Waals surface area contributed by atoms with Crippen molar-refractivity contribution in [3.63, 3.8) is 0 Å². The van der Waals surface area contributed by atoms with Gasteiger partial charge in [0.1, 0.15) is 0 Å². The topological polar surface area (TPSA) is 113 Å². The van der Waals surface area contributed by atoms with Gasteiger partial charge in [-0.05, 0) is 78.4 Å². The van der Waals surface area contributed by atoms with Gasteiger partial charge < -0.3 is 5.32 Å². The maximum Gasteiger partial charge on any atom is 0.264 e. The standard InChI is InChI=1S/C32H26ClN3O5S2/c33-25-15-17-27(18-16-25)35-42(38,39)28-21-19-26(20-22-28)34-32(37)30-13-7-8-14-31(30)36(23-24-9-3-1-4-10-24)43(40,41)29-11-5-2-6-12-29/h1-22,35H,23H2,(H,34,37). The number of carbonyl (C=O) groups excluding carboxylic acids is 1. The number of benzene rings is 5. The van der Waals surface area contributed by atoms with E-state index < -0.39 is 26.0 Å². The summed E-state index contributed by atoms with van der Waals surface area (Å²) in [4.78, 5) is 13.6. The van der Waals surface area contributed by atoms with Crippen LogP contribution in [0.4, 0.5) is 17.1 Å². The van der Waals surface area contributed by atoms with Crippen molar-refractivity contribution in [3.8, 4) is 0 Å². The summed E-state index contributed by atoms with van der Waals surface area (Å²) in [5, 5.41) is 3.23. The van der Waals surface area contributed by atoms with E-state index in [0.29, 0.717) is 16.4 Å². The number of hydrogen-bond donors (Lipinski definition) is 2. The fraction of sp³-hybridized carbons (Fsp3) is 0.0312. The van der Waals surface area contributed by atoms with Gasteiger partial charge in [0.05, 0.1) is 27.6 Å². The average Bonchev–Trinajstić information content (AvgIpc) is 3.02. The van der Waals surface area contributed by atoms with E-state index in [9.17, 15) is 21.6 Å². The summed E-state index contributed by atoms with van der Waals surface area (Å²) in [7, 11) is -7.95. The van der Waals surface area contributed by atoms with Crippen LogP contribution in [-0.4, -0.2) is 22.7 Å². The highest BCUT2D eigenvalue weighted by Crippen LogP contribution is 2.30. The summed E-state index contributed by atoms with van der Waals surface area (Å²) in [6.07, 6.45) is 0. The highest BCUT2D eigenvalue weighted by molar-refractivity contribution is 7.93. The zero-order chi connectivity index (χ0) is 30.5. The molecule has 0 aliphatic carbocycles. The Morgan fingerprint density at radius 2 is 1.19 bits per heavy atom. The molecule has 1 amide bonds. The van der Waals surface area contributed by atoms with E-state index in [4.69, 9.17) is 11.6 Å². The van der Waals surface area contributed by atoms with E-state index in [1.54, 1.807) is 60.7 Å². The summed E-state index contributed by atoms with van der Waals surface area (Å²) in [6, 6.07) is 35.4. The maximum absolute atomic E-state index is 13.9. The largest absolute Gasteiger partial charge is 0.322 e. The number of nitrogens with one attached hydrogen (secondary N) is 2. The van der Waals surface area contributed by atoms with Gasteiger partial charge in [-0.1, -0.05) is 72.3 Å². The van der Waals surface area contributed by atoms with Crippen molar-refractivity contribution in [2.75, 3.05) is 14.3 Å². The molecule has 218 valence electrons. The van der Waals surface area contributed by atoms with Crippen LogP contribution in [0, 0.1) is 0 Å². The predicted molar refractivity (Wildman–Crippen MR) is 169 cm³/mol. The lowest BCUT2D eigenvalue weighted by molar-refractivity contribution is 0.102. The van der Waals surface area contributed by atoms with Gasteiger partial charge in [-0.25, -0.2) is 16.8 Å². The molecule has 5 aromatic carbocycles. The maximum atomic E-state index is 13.9. The summed E-state index contributed by atoms with van der Waals surface area (Å²) < 4.78 is 57.1. The van der Waals surface area contributed by atoms with Crippen molar-refractivity contribution in [3.05, 3.63) is 150 Å².